The molecule has 0 bridgehead atoms. The molecule has 2 atom stereocenters. The maximum absolute atomic E-state index is 6.33. The second kappa shape index (κ2) is 7.38. The summed E-state index contributed by atoms with van der Waals surface area (Å²) in [4.78, 5) is 4.18. The highest BCUT2D eigenvalue weighted by atomic mass is 35.5. The standard InChI is InChI=1S/C22H20ClNO/c23-22-20-15-18(11-10-17(20)13-14-24-22)21-8-4-7-19(25-21)12-9-16-5-2-1-3-6-16/h1-3,5-6,9-15,19,21H,4,7-8H2/b12-9+/t19-,21+/m1/s1. The van der Waals surface area contributed by atoms with E-state index in [0.717, 1.165) is 30.0 Å². The first-order valence-electron chi connectivity index (χ1n) is 8.72. The van der Waals surface area contributed by atoms with E-state index in [1.54, 1.807) is 6.20 Å². The molecular weight excluding hydrogens is 330 g/mol. The zero-order valence-corrected chi connectivity index (χ0v) is 14.7. The summed E-state index contributed by atoms with van der Waals surface area (Å²) >= 11 is 6.25. The van der Waals surface area contributed by atoms with Crippen LogP contribution < -0.4 is 0 Å². The van der Waals surface area contributed by atoms with Gasteiger partial charge in [-0.05, 0) is 47.9 Å². The average molecular weight is 350 g/mol. The van der Waals surface area contributed by atoms with Crippen molar-refractivity contribution in [2.24, 2.45) is 0 Å². The molecule has 2 nitrogen and oxygen atoms in total. The molecule has 1 saturated heterocycles. The Kier molecular flexibility index (Phi) is 4.82. The van der Waals surface area contributed by atoms with Crippen LogP contribution in [-0.4, -0.2) is 11.1 Å². The Morgan fingerprint density at radius 3 is 2.80 bits per heavy atom. The van der Waals surface area contributed by atoms with E-state index < -0.39 is 0 Å². The van der Waals surface area contributed by atoms with Crippen LogP contribution in [0, 0.1) is 0 Å². The van der Waals surface area contributed by atoms with Gasteiger partial charge in [-0.1, -0.05) is 66.2 Å². The Balaban J connectivity index is 1.53. The first-order chi connectivity index (χ1) is 12.3. The summed E-state index contributed by atoms with van der Waals surface area (Å²) < 4.78 is 6.33. The van der Waals surface area contributed by atoms with Gasteiger partial charge in [0.1, 0.15) is 5.15 Å². The van der Waals surface area contributed by atoms with Crippen molar-refractivity contribution in [3.8, 4) is 0 Å². The molecule has 1 aromatic heterocycles. The Labute approximate surface area is 153 Å². The van der Waals surface area contributed by atoms with E-state index in [9.17, 15) is 0 Å². The minimum absolute atomic E-state index is 0.111. The van der Waals surface area contributed by atoms with E-state index in [-0.39, 0.29) is 12.2 Å². The topological polar surface area (TPSA) is 22.1 Å². The number of hydrogen-bond donors (Lipinski definition) is 0. The number of rotatable bonds is 3. The van der Waals surface area contributed by atoms with Gasteiger partial charge in [0.15, 0.2) is 0 Å². The molecule has 0 spiro atoms. The zero-order chi connectivity index (χ0) is 17.1. The molecule has 1 aliphatic heterocycles. The molecule has 0 N–H and O–H groups in total. The molecule has 2 heterocycles. The number of hydrogen-bond acceptors (Lipinski definition) is 2. The summed E-state index contributed by atoms with van der Waals surface area (Å²) in [5.41, 5.74) is 2.39. The fourth-order valence-corrected chi connectivity index (χ4v) is 3.59. The van der Waals surface area contributed by atoms with Crippen molar-refractivity contribution in [3.05, 3.63) is 83.2 Å². The highest BCUT2D eigenvalue weighted by Gasteiger charge is 2.22. The lowest BCUT2D eigenvalue weighted by Crippen LogP contribution is -2.20. The maximum atomic E-state index is 6.33. The second-order valence-corrected chi connectivity index (χ2v) is 6.80. The molecule has 25 heavy (non-hydrogen) atoms. The molecule has 0 unspecified atom stereocenters. The van der Waals surface area contributed by atoms with Crippen molar-refractivity contribution in [2.45, 2.75) is 31.5 Å². The SMILES string of the molecule is Clc1nccc2ccc([C@@H]3CCC[C@H](/C=C/c4ccccc4)O3)cc12. The summed E-state index contributed by atoms with van der Waals surface area (Å²) in [5.74, 6) is 0. The van der Waals surface area contributed by atoms with Gasteiger partial charge in [-0.15, -0.1) is 0 Å². The van der Waals surface area contributed by atoms with Crippen molar-refractivity contribution < 1.29 is 4.74 Å². The predicted octanol–water partition coefficient (Wildman–Crippen LogP) is 6.21. The van der Waals surface area contributed by atoms with Crippen LogP contribution in [0.25, 0.3) is 16.8 Å². The van der Waals surface area contributed by atoms with Crippen LogP contribution in [0.2, 0.25) is 5.15 Å². The summed E-state index contributed by atoms with van der Waals surface area (Å²) in [7, 11) is 0. The van der Waals surface area contributed by atoms with Gasteiger partial charge in [-0.3, -0.25) is 0 Å². The highest BCUT2D eigenvalue weighted by Crippen LogP contribution is 2.34. The largest absolute Gasteiger partial charge is 0.366 e. The van der Waals surface area contributed by atoms with E-state index >= 15 is 0 Å². The summed E-state index contributed by atoms with van der Waals surface area (Å²) in [6.45, 7) is 0. The smallest absolute Gasteiger partial charge is 0.136 e. The van der Waals surface area contributed by atoms with Crippen LogP contribution >= 0.6 is 11.6 Å². The molecule has 3 aromatic rings. The third kappa shape index (κ3) is 3.76. The second-order valence-electron chi connectivity index (χ2n) is 6.45. The van der Waals surface area contributed by atoms with Crippen molar-refractivity contribution >= 4 is 28.4 Å². The first-order valence-corrected chi connectivity index (χ1v) is 9.10. The third-order valence-corrected chi connectivity index (χ3v) is 5.01. The van der Waals surface area contributed by atoms with Gasteiger partial charge in [-0.25, -0.2) is 4.98 Å². The van der Waals surface area contributed by atoms with Gasteiger partial charge in [0.25, 0.3) is 0 Å². The van der Waals surface area contributed by atoms with Gasteiger partial charge < -0.3 is 4.74 Å². The number of ether oxygens (including phenoxy) is 1. The van der Waals surface area contributed by atoms with Gasteiger partial charge in [0, 0.05) is 11.6 Å². The van der Waals surface area contributed by atoms with E-state index in [1.165, 1.54) is 11.1 Å². The number of pyridine rings is 1. The summed E-state index contributed by atoms with van der Waals surface area (Å²) in [5, 5.41) is 2.66. The number of halogens is 1. The molecular formula is C22H20ClNO. The van der Waals surface area contributed by atoms with E-state index in [0.29, 0.717) is 5.15 Å². The molecule has 4 rings (SSSR count). The molecule has 1 aliphatic rings. The van der Waals surface area contributed by atoms with Crippen molar-refractivity contribution in [3.63, 3.8) is 0 Å². The van der Waals surface area contributed by atoms with Crippen LogP contribution in [0.5, 0.6) is 0 Å². The van der Waals surface area contributed by atoms with Crippen LogP contribution in [0.15, 0.2) is 66.9 Å². The molecule has 0 amide bonds. The molecule has 0 saturated carbocycles. The lowest BCUT2D eigenvalue weighted by molar-refractivity contribution is -0.0262. The number of aromatic nitrogens is 1. The van der Waals surface area contributed by atoms with Crippen LogP contribution in [-0.2, 0) is 4.74 Å². The minimum Gasteiger partial charge on any atom is -0.366 e. The Bertz CT molecular complexity index is 891. The van der Waals surface area contributed by atoms with E-state index in [4.69, 9.17) is 16.3 Å². The van der Waals surface area contributed by atoms with Gasteiger partial charge >= 0.3 is 0 Å². The fourth-order valence-electron chi connectivity index (χ4n) is 3.37. The molecule has 3 heteroatoms. The van der Waals surface area contributed by atoms with Crippen molar-refractivity contribution in [1.29, 1.82) is 0 Å². The molecule has 0 radical (unpaired) electrons. The van der Waals surface area contributed by atoms with E-state index in [2.05, 4.69) is 59.6 Å². The number of fused-ring (bicyclic) bond motifs is 1. The maximum Gasteiger partial charge on any atom is 0.136 e. The monoisotopic (exact) mass is 349 g/mol. The molecule has 2 aromatic carbocycles. The molecule has 1 fully saturated rings. The first kappa shape index (κ1) is 16.3. The lowest BCUT2D eigenvalue weighted by Gasteiger charge is -2.29. The van der Waals surface area contributed by atoms with Crippen LogP contribution in [0.3, 0.4) is 0 Å². The van der Waals surface area contributed by atoms with Crippen LogP contribution in [0.4, 0.5) is 0 Å². The quantitative estimate of drug-likeness (QED) is 0.524. The average Bonchev–Trinajstić information content (AvgIpc) is 2.68. The molecule has 126 valence electrons. The highest BCUT2D eigenvalue weighted by molar-refractivity contribution is 6.34. The minimum atomic E-state index is 0.111. The van der Waals surface area contributed by atoms with Gasteiger partial charge in [-0.2, -0.15) is 0 Å². The number of nitrogens with zero attached hydrogens (tertiary/aromatic N) is 1. The van der Waals surface area contributed by atoms with Crippen molar-refractivity contribution in [1.82, 2.24) is 4.98 Å². The van der Waals surface area contributed by atoms with Crippen molar-refractivity contribution in [2.75, 3.05) is 0 Å². The zero-order valence-electron chi connectivity index (χ0n) is 13.9. The Morgan fingerprint density at radius 2 is 1.92 bits per heavy atom. The Hall–Kier alpha value is -2.16. The summed E-state index contributed by atoms with van der Waals surface area (Å²) in [6, 6.07) is 18.7. The Morgan fingerprint density at radius 1 is 1.04 bits per heavy atom. The van der Waals surface area contributed by atoms with Gasteiger partial charge in [0.2, 0.25) is 0 Å². The summed E-state index contributed by atoms with van der Waals surface area (Å²) in [6.07, 6.45) is 9.60. The normalized spacial score (nSPS) is 21.0. The van der Waals surface area contributed by atoms with Gasteiger partial charge in [0.05, 0.1) is 12.2 Å². The lowest BCUT2D eigenvalue weighted by atomic mass is 9.96. The third-order valence-electron chi connectivity index (χ3n) is 4.71. The van der Waals surface area contributed by atoms with Crippen LogP contribution in [0.1, 0.15) is 36.5 Å². The fraction of sp³-hybridized carbons (Fsp3) is 0.227. The van der Waals surface area contributed by atoms with E-state index in [1.807, 2.05) is 12.1 Å². The predicted molar refractivity (Wildman–Crippen MR) is 104 cm³/mol. The molecule has 0 aliphatic carbocycles. The number of benzene rings is 2.